The van der Waals surface area contributed by atoms with E-state index < -0.39 is 15.6 Å². The van der Waals surface area contributed by atoms with Crippen molar-refractivity contribution in [2.45, 2.75) is 49.5 Å². The van der Waals surface area contributed by atoms with Gasteiger partial charge < -0.3 is 5.11 Å². The topological polar surface area (TPSA) is 79.3 Å². The van der Waals surface area contributed by atoms with Crippen LogP contribution >= 0.6 is 11.6 Å². The normalized spacial score (nSPS) is 26.7. The SMILES string of the molecule is CCC1CCC(O)(CNS(=O)(=O)c2cnccc2Cl)CC1. The van der Waals surface area contributed by atoms with Gasteiger partial charge in [0, 0.05) is 18.9 Å². The van der Waals surface area contributed by atoms with Crippen LogP contribution < -0.4 is 4.72 Å². The van der Waals surface area contributed by atoms with Gasteiger partial charge in [-0.3, -0.25) is 4.98 Å². The van der Waals surface area contributed by atoms with Crippen LogP contribution in [-0.2, 0) is 10.0 Å². The molecule has 0 aliphatic heterocycles. The van der Waals surface area contributed by atoms with Crippen molar-refractivity contribution in [1.29, 1.82) is 0 Å². The highest BCUT2D eigenvalue weighted by Crippen LogP contribution is 2.33. The number of halogens is 1. The van der Waals surface area contributed by atoms with Crippen LogP contribution in [0.1, 0.15) is 39.0 Å². The number of hydrogen-bond acceptors (Lipinski definition) is 4. The van der Waals surface area contributed by atoms with Crippen LogP contribution in [0.15, 0.2) is 23.4 Å². The zero-order valence-electron chi connectivity index (χ0n) is 12.0. The van der Waals surface area contributed by atoms with Crippen LogP contribution in [0.4, 0.5) is 0 Å². The van der Waals surface area contributed by atoms with Gasteiger partial charge in [-0.2, -0.15) is 0 Å². The third-order valence-electron chi connectivity index (χ3n) is 4.23. The molecule has 2 N–H and O–H groups in total. The molecule has 0 aromatic carbocycles. The van der Waals surface area contributed by atoms with E-state index in [0.717, 1.165) is 19.3 Å². The smallest absolute Gasteiger partial charge is 0.243 e. The molecule has 0 bridgehead atoms. The molecule has 1 heterocycles. The Morgan fingerprint density at radius 3 is 2.71 bits per heavy atom. The molecular weight excluding hydrogens is 312 g/mol. The van der Waals surface area contributed by atoms with Crippen molar-refractivity contribution in [3.8, 4) is 0 Å². The molecular formula is C14H21ClN2O3S. The molecule has 118 valence electrons. The summed E-state index contributed by atoms with van der Waals surface area (Å²) in [5.41, 5.74) is -0.965. The van der Waals surface area contributed by atoms with Crippen LogP contribution in [0.2, 0.25) is 5.02 Å². The second kappa shape index (κ2) is 6.60. The monoisotopic (exact) mass is 332 g/mol. The van der Waals surface area contributed by atoms with Crippen LogP contribution in [0.25, 0.3) is 0 Å². The molecule has 0 spiro atoms. The fraction of sp³-hybridized carbons (Fsp3) is 0.643. The lowest BCUT2D eigenvalue weighted by Crippen LogP contribution is -2.45. The molecule has 1 fully saturated rings. The maximum Gasteiger partial charge on any atom is 0.243 e. The zero-order chi connectivity index (χ0) is 15.5. The van der Waals surface area contributed by atoms with Crippen molar-refractivity contribution in [1.82, 2.24) is 9.71 Å². The van der Waals surface area contributed by atoms with Gasteiger partial charge in [-0.15, -0.1) is 0 Å². The van der Waals surface area contributed by atoms with Gasteiger partial charge in [0.15, 0.2) is 0 Å². The Morgan fingerprint density at radius 1 is 1.48 bits per heavy atom. The van der Waals surface area contributed by atoms with Gasteiger partial charge in [-0.05, 0) is 37.7 Å². The maximum atomic E-state index is 12.2. The first-order chi connectivity index (χ1) is 9.86. The third kappa shape index (κ3) is 4.16. The fourth-order valence-corrected chi connectivity index (χ4v) is 4.22. The first kappa shape index (κ1) is 16.7. The highest BCUT2D eigenvalue weighted by molar-refractivity contribution is 7.89. The number of aromatic nitrogens is 1. The standard InChI is InChI=1S/C14H21ClN2O3S/c1-2-11-3-6-14(18,7-4-11)10-17-21(19,20)13-9-16-8-5-12(13)15/h5,8-9,11,17-18H,2-4,6-7,10H2,1H3. The number of rotatable bonds is 5. The summed E-state index contributed by atoms with van der Waals surface area (Å²) in [4.78, 5) is 3.72. The maximum absolute atomic E-state index is 12.2. The molecule has 1 aliphatic carbocycles. The van der Waals surface area contributed by atoms with E-state index >= 15 is 0 Å². The summed E-state index contributed by atoms with van der Waals surface area (Å²) < 4.78 is 26.9. The van der Waals surface area contributed by atoms with Crippen molar-refractivity contribution in [3.05, 3.63) is 23.5 Å². The zero-order valence-corrected chi connectivity index (χ0v) is 13.6. The lowest BCUT2D eigenvalue weighted by molar-refractivity contribution is -0.00442. The summed E-state index contributed by atoms with van der Waals surface area (Å²) in [7, 11) is -3.75. The van der Waals surface area contributed by atoms with Crippen LogP contribution in [0.5, 0.6) is 0 Å². The Hall–Kier alpha value is -0.690. The molecule has 0 saturated heterocycles. The second-order valence-electron chi connectivity index (χ2n) is 5.71. The summed E-state index contributed by atoms with van der Waals surface area (Å²) in [5, 5.41) is 10.6. The second-order valence-corrected chi connectivity index (χ2v) is 7.85. The molecule has 21 heavy (non-hydrogen) atoms. The average Bonchev–Trinajstić information content (AvgIpc) is 2.47. The van der Waals surface area contributed by atoms with Crippen LogP contribution in [0.3, 0.4) is 0 Å². The molecule has 5 nitrogen and oxygen atoms in total. The largest absolute Gasteiger partial charge is 0.389 e. The van der Waals surface area contributed by atoms with Crippen molar-refractivity contribution < 1.29 is 13.5 Å². The Kier molecular flexibility index (Phi) is 5.24. The van der Waals surface area contributed by atoms with E-state index in [2.05, 4.69) is 16.6 Å². The lowest BCUT2D eigenvalue weighted by Gasteiger charge is -2.35. The summed E-state index contributed by atoms with van der Waals surface area (Å²) in [6.45, 7) is 2.15. The molecule has 0 radical (unpaired) electrons. The molecule has 1 aliphatic rings. The lowest BCUT2D eigenvalue weighted by atomic mass is 9.78. The number of aliphatic hydroxyl groups is 1. The van der Waals surface area contributed by atoms with Crippen LogP contribution in [-0.4, -0.2) is 30.7 Å². The summed E-state index contributed by atoms with van der Waals surface area (Å²) >= 11 is 5.88. The van der Waals surface area contributed by atoms with Crippen LogP contribution in [0, 0.1) is 5.92 Å². The number of nitrogens with one attached hydrogen (secondary N) is 1. The average molecular weight is 333 g/mol. The highest BCUT2D eigenvalue weighted by atomic mass is 35.5. The van der Waals surface area contributed by atoms with E-state index in [1.807, 2.05) is 0 Å². The minimum Gasteiger partial charge on any atom is -0.389 e. The van der Waals surface area contributed by atoms with Gasteiger partial charge in [-0.1, -0.05) is 24.9 Å². The Balaban J connectivity index is 2.01. The van der Waals surface area contributed by atoms with E-state index in [4.69, 9.17) is 11.6 Å². The van der Waals surface area contributed by atoms with Crippen molar-refractivity contribution in [3.63, 3.8) is 0 Å². The van der Waals surface area contributed by atoms with E-state index in [0.29, 0.717) is 18.8 Å². The number of nitrogens with zero attached hydrogens (tertiary/aromatic N) is 1. The van der Waals surface area contributed by atoms with E-state index in [9.17, 15) is 13.5 Å². The summed E-state index contributed by atoms with van der Waals surface area (Å²) in [5.74, 6) is 0.634. The summed E-state index contributed by atoms with van der Waals surface area (Å²) in [6, 6.07) is 1.43. The Bertz CT molecular complexity index is 584. The number of hydrogen-bond donors (Lipinski definition) is 2. The number of pyridine rings is 1. The van der Waals surface area contributed by atoms with Gasteiger partial charge in [0.05, 0.1) is 10.6 Å². The molecule has 0 atom stereocenters. The molecule has 2 rings (SSSR count). The van der Waals surface area contributed by atoms with Crippen molar-refractivity contribution >= 4 is 21.6 Å². The van der Waals surface area contributed by atoms with E-state index in [1.165, 1.54) is 18.5 Å². The Morgan fingerprint density at radius 2 is 2.14 bits per heavy atom. The van der Waals surface area contributed by atoms with Gasteiger partial charge in [0.1, 0.15) is 4.90 Å². The van der Waals surface area contributed by atoms with Gasteiger partial charge in [-0.25, -0.2) is 13.1 Å². The first-order valence-electron chi connectivity index (χ1n) is 7.18. The minimum atomic E-state index is -3.75. The van der Waals surface area contributed by atoms with Crippen molar-refractivity contribution in [2.24, 2.45) is 5.92 Å². The fourth-order valence-electron chi connectivity index (χ4n) is 2.67. The van der Waals surface area contributed by atoms with E-state index in [1.54, 1.807) is 0 Å². The molecule has 0 unspecified atom stereocenters. The molecule has 0 amide bonds. The van der Waals surface area contributed by atoms with Crippen molar-refractivity contribution in [2.75, 3.05) is 6.54 Å². The quantitative estimate of drug-likeness (QED) is 0.867. The minimum absolute atomic E-state index is 0.0109. The molecule has 1 aromatic rings. The first-order valence-corrected chi connectivity index (χ1v) is 9.04. The van der Waals surface area contributed by atoms with Gasteiger partial charge in [0.2, 0.25) is 10.0 Å². The highest BCUT2D eigenvalue weighted by Gasteiger charge is 2.34. The predicted octanol–water partition coefficient (Wildman–Crippen LogP) is 2.34. The van der Waals surface area contributed by atoms with E-state index in [-0.39, 0.29) is 16.5 Å². The number of sulfonamides is 1. The predicted molar refractivity (Wildman–Crippen MR) is 81.6 cm³/mol. The molecule has 1 saturated carbocycles. The molecule has 7 heteroatoms. The van der Waals surface area contributed by atoms with Gasteiger partial charge in [0.25, 0.3) is 0 Å². The summed E-state index contributed by atoms with van der Waals surface area (Å²) in [6.07, 6.45) is 6.85. The Labute approximate surface area is 130 Å². The third-order valence-corrected chi connectivity index (χ3v) is 6.10. The van der Waals surface area contributed by atoms with Gasteiger partial charge >= 0.3 is 0 Å². The molecule has 1 aromatic heterocycles.